The average Bonchev–Trinajstić information content (AvgIpc) is 3.28. The van der Waals surface area contributed by atoms with Crippen LogP contribution in [0.4, 0.5) is 4.39 Å². The van der Waals surface area contributed by atoms with Crippen molar-refractivity contribution in [1.82, 2.24) is 14.5 Å². The molecule has 0 fully saturated rings. The molecule has 5 nitrogen and oxygen atoms in total. The second kappa shape index (κ2) is 6.78. The molecule has 4 rings (SSSR count). The predicted octanol–water partition coefficient (Wildman–Crippen LogP) is 3.47. The van der Waals surface area contributed by atoms with Gasteiger partial charge in [0, 0.05) is 25.5 Å². The average molecular weight is 353 g/mol. The molecule has 0 radical (unpaired) electrons. The van der Waals surface area contributed by atoms with Crippen LogP contribution in [0.25, 0.3) is 0 Å². The van der Waals surface area contributed by atoms with E-state index < -0.39 is 0 Å². The van der Waals surface area contributed by atoms with Crippen LogP contribution in [-0.4, -0.2) is 33.4 Å². The summed E-state index contributed by atoms with van der Waals surface area (Å²) >= 11 is 0. The van der Waals surface area contributed by atoms with Crippen molar-refractivity contribution in [3.8, 4) is 0 Å². The number of amides is 1. The Hall–Kier alpha value is -2.89. The van der Waals surface area contributed by atoms with Crippen LogP contribution in [0.3, 0.4) is 0 Å². The summed E-state index contributed by atoms with van der Waals surface area (Å²) in [6.07, 6.45) is 5.97. The zero-order valence-corrected chi connectivity index (χ0v) is 14.6. The van der Waals surface area contributed by atoms with E-state index in [1.54, 1.807) is 29.6 Å². The molecule has 3 heterocycles. The topological polar surface area (TPSA) is 51.3 Å². The van der Waals surface area contributed by atoms with Crippen LogP contribution in [0, 0.1) is 5.82 Å². The fraction of sp³-hybridized carbons (Fsp3) is 0.300. The monoisotopic (exact) mass is 353 g/mol. The predicted molar refractivity (Wildman–Crippen MR) is 94.5 cm³/mol. The fourth-order valence-corrected chi connectivity index (χ4v) is 3.51. The molecule has 134 valence electrons. The van der Waals surface area contributed by atoms with E-state index in [2.05, 4.69) is 4.98 Å². The van der Waals surface area contributed by atoms with E-state index >= 15 is 0 Å². The highest BCUT2D eigenvalue weighted by Crippen LogP contribution is 2.27. The molecular formula is C20H20FN3O2. The molecule has 2 aromatic heterocycles. The number of aromatic nitrogens is 2. The van der Waals surface area contributed by atoms with E-state index in [4.69, 9.17) is 4.42 Å². The SMILES string of the molecule is CC1CN(C(=O)c2ccc(Cn3ccnc3)o2)CCc2ccc(F)cc21. The van der Waals surface area contributed by atoms with E-state index in [9.17, 15) is 9.18 Å². The third kappa shape index (κ3) is 3.27. The molecule has 1 amide bonds. The summed E-state index contributed by atoms with van der Waals surface area (Å²) in [7, 11) is 0. The van der Waals surface area contributed by atoms with Gasteiger partial charge in [-0.3, -0.25) is 4.79 Å². The van der Waals surface area contributed by atoms with Gasteiger partial charge in [-0.05, 0) is 47.7 Å². The zero-order chi connectivity index (χ0) is 18.1. The number of imidazole rings is 1. The number of carbonyl (C=O) groups is 1. The Bertz CT molecular complexity index is 917. The number of hydrogen-bond donors (Lipinski definition) is 0. The van der Waals surface area contributed by atoms with Gasteiger partial charge in [-0.1, -0.05) is 13.0 Å². The van der Waals surface area contributed by atoms with Crippen LogP contribution in [0.1, 0.15) is 40.3 Å². The number of fused-ring (bicyclic) bond motifs is 1. The number of carbonyl (C=O) groups excluding carboxylic acids is 1. The smallest absolute Gasteiger partial charge is 0.289 e. The lowest BCUT2D eigenvalue weighted by Crippen LogP contribution is -2.34. The maximum atomic E-state index is 13.6. The molecular weight excluding hydrogens is 333 g/mol. The summed E-state index contributed by atoms with van der Waals surface area (Å²) in [5.41, 5.74) is 2.09. The maximum Gasteiger partial charge on any atom is 0.289 e. The summed E-state index contributed by atoms with van der Waals surface area (Å²) in [5, 5.41) is 0. The number of nitrogens with zero attached hydrogens (tertiary/aromatic N) is 3. The van der Waals surface area contributed by atoms with Crippen molar-refractivity contribution in [1.29, 1.82) is 0 Å². The highest BCUT2D eigenvalue weighted by molar-refractivity contribution is 5.91. The minimum atomic E-state index is -0.231. The molecule has 0 spiro atoms. The number of furan rings is 1. The highest BCUT2D eigenvalue weighted by atomic mass is 19.1. The summed E-state index contributed by atoms with van der Waals surface area (Å²) in [6, 6.07) is 8.43. The molecule has 1 aliphatic heterocycles. The van der Waals surface area contributed by atoms with Crippen molar-refractivity contribution in [2.45, 2.75) is 25.8 Å². The van der Waals surface area contributed by atoms with Gasteiger partial charge in [0.15, 0.2) is 5.76 Å². The number of benzene rings is 1. The van der Waals surface area contributed by atoms with Crippen LogP contribution in [0.2, 0.25) is 0 Å². The number of rotatable bonds is 3. The van der Waals surface area contributed by atoms with Gasteiger partial charge in [0.2, 0.25) is 0 Å². The minimum absolute atomic E-state index is 0.0764. The van der Waals surface area contributed by atoms with E-state index in [1.807, 2.05) is 29.8 Å². The fourth-order valence-electron chi connectivity index (χ4n) is 3.51. The second-order valence-electron chi connectivity index (χ2n) is 6.75. The van der Waals surface area contributed by atoms with Gasteiger partial charge in [0.05, 0.1) is 12.9 Å². The van der Waals surface area contributed by atoms with Crippen molar-refractivity contribution >= 4 is 5.91 Å². The molecule has 0 saturated heterocycles. The molecule has 0 bridgehead atoms. The first kappa shape index (κ1) is 16.6. The Morgan fingerprint density at radius 1 is 1.35 bits per heavy atom. The number of hydrogen-bond acceptors (Lipinski definition) is 3. The van der Waals surface area contributed by atoms with Crippen LogP contribution in [-0.2, 0) is 13.0 Å². The molecule has 0 saturated carbocycles. The van der Waals surface area contributed by atoms with Crippen molar-refractivity contribution in [2.24, 2.45) is 0 Å². The van der Waals surface area contributed by atoms with Gasteiger partial charge >= 0.3 is 0 Å². The normalized spacial score (nSPS) is 17.0. The Morgan fingerprint density at radius 3 is 3.04 bits per heavy atom. The van der Waals surface area contributed by atoms with Gasteiger partial charge in [-0.15, -0.1) is 0 Å². The van der Waals surface area contributed by atoms with Gasteiger partial charge < -0.3 is 13.9 Å². The summed E-state index contributed by atoms with van der Waals surface area (Å²) < 4.78 is 21.2. The zero-order valence-electron chi connectivity index (χ0n) is 14.6. The quantitative estimate of drug-likeness (QED) is 0.724. The largest absolute Gasteiger partial charge is 0.454 e. The van der Waals surface area contributed by atoms with Crippen molar-refractivity contribution in [2.75, 3.05) is 13.1 Å². The third-order valence-electron chi connectivity index (χ3n) is 4.84. The van der Waals surface area contributed by atoms with Crippen molar-refractivity contribution in [3.63, 3.8) is 0 Å². The van der Waals surface area contributed by atoms with Crippen LogP contribution in [0.15, 0.2) is 53.5 Å². The van der Waals surface area contributed by atoms with Crippen LogP contribution < -0.4 is 0 Å². The molecule has 6 heteroatoms. The maximum absolute atomic E-state index is 13.6. The molecule has 1 unspecified atom stereocenters. The molecule has 0 aliphatic carbocycles. The summed E-state index contributed by atoms with van der Waals surface area (Å²) in [6.45, 7) is 3.71. The van der Waals surface area contributed by atoms with Gasteiger partial charge in [0.25, 0.3) is 5.91 Å². The van der Waals surface area contributed by atoms with E-state index in [-0.39, 0.29) is 17.6 Å². The first-order valence-electron chi connectivity index (χ1n) is 8.72. The van der Waals surface area contributed by atoms with E-state index in [0.717, 1.165) is 11.1 Å². The van der Waals surface area contributed by atoms with Crippen LogP contribution in [0.5, 0.6) is 0 Å². The first-order valence-corrected chi connectivity index (χ1v) is 8.72. The third-order valence-corrected chi connectivity index (χ3v) is 4.84. The van der Waals surface area contributed by atoms with Crippen molar-refractivity contribution in [3.05, 3.63) is 77.5 Å². The highest BCUT2D eigenvalue weighted by Gasteiger charge is 2.26. The summed E-state index contributed by atoms with van der Waals surface area (Å²) in [5.74, 6) is 0.768. The molecule has 0 N–H and O–H groups in total. The first-order chi connectivity index (χ1) is 12.6. The second-order valence-corrected chi connectivity index (χ2v) is 6.75. The van der Waals surface area contributed by atoms with Crippen molar-refractivity contribution < 1.29 is 13.6 Å². The van der Waals surface area contributed by atoms with E-state index in [1.165, 1.54) is 6.07 Å². The van der Waals surface area contributed by atoms with Gasteiger partial charge in [0.1, 0.15) is 11.6 Å². The standard InChI is InChI=1S/C20H20FN3O2/c1-14-11-24(8-6-15-2-3-16(21)10-18(14)15)20(25)19-5-4-17(26-19)12-23-9-7-22-13-23/h2-5,7,9-10,13-14H,6,8,11-12H2,1H3. The Balaban J connectivity index is 1.49. The Morgan fingerprint density at radius 2 is 2.23 bits per heavy atom. The number of halogens is 1. The van der Waals surface area contributed by atoms with Gasteiger partial charge in [-0.25, -0.2) is 9.37 Å². The molecule has 1 aromatic carbocycles. The Kier molecular flexibility index (Phi) is 4.32. The molecule has 1 aliphatic rings. The molecule has 3 aromatic rings. The van der Waals surface area contributed by atoms with E-state index in [0.29, 0.717) is 37.6 Å². The lowest BCUT2D eigenvalue weighted by atomic mass is 9.95. The molecule has 1 atom stereocenters. The molecule has 26 heavy (non-hydrogen) atoms. The summed E-state index contributed by atoms with van der Waals surface area (Å²) in [4.78, 5) is 18.7. The van der Waals surface area contributed by atoms with Gasteiger partial charge in [-0.2, -0.15) is 0 Å². The van der Waals surface area contributed by atoms with Crippen LogP contribution >= 0.6 is 0 Å². The Labute approximate surface area is 151 Å². The minimum Gasteiger partial charge on any atom is -0.454 e. The lowest BCUT2D eigenvalue weighted by molar-refractivity contribution is 0.0720. The lowest BCUT2D eigenvalue weighted by Gasteiger charge is -2.22.